The highest BCUT2D eigenvalue weighted by Gasteiger charge is 2.55. The third-order valence-electron chi connectivity index (χ3n) is 8.14. The highest BCUT2D eigenvalue weighted by atomic mass is 19.2. The third-order valence-corrected chi connectivity index (χ3v) is 8.14. The summed E-state index contributed by atoms with van der Waals surface area (Å²) in [6.07, 6.45) is -1.87. The summed E-state index contributed by atoms with van der Waals surface area (Å²) in [6.45, 7) is 2.46. The number of hydrogen-bond donors (Lipinski definition) is 2. The number of imidazole rings is 1. The number of fused-ring (bicyclic) bond motifs is 1. The van der Waals surface area contributed by atoms with Gasteiger partial charge >= 0.3 is 0 Å². The maximum absolute atomic E-state index is 15.5. The molecule has 1 saturated heterocycles. The number of nitrogens with one attached hydrogen (secondary N) is 1. The van der Waals surface area contributed by atoms with Crippen LogP contribution in [0.5, 0.6) is 11.6 Å². The third kappa shape index (κ3) is 4.91. The van der Waals surface area contributed by atoms with Crippen molar-refractivity contribution in [1.29, 1.82) is 0 Å². The largest absolute Gasteiger partial charge is 0.497 e. The Hall–Kier alpha value is -4.61. The van der Waals surface area contributed by atoms with Crippen molar-refractivity contribution in [3.8, 4) is 11.6 Å². The molecule has 0 aliphatic carbocycles. The Morgan fingerprint density at radius 1 is 0.977 bits per heavy atom. The molecule has 5 aromatic rings. The van der Waals surface area contributed by atoms with Crippen LogP contribution in [0, 0.1) is 5.92 Å². The molecule has 1 fully saturated rings. The predicted octanol–water partition coefficient (Wildman–Crippen LogP) is 5.80. The Morgan fingerprint density at radius 3 is 2.14 bits per heavy atom. The van der Waals surface area contributed by atoms with Gasteiger partial charge in [-0.2, -0.15) is 9.97 Å². The Labute approximate surface area is 253 Å². The zero-order chi connectivity index (χ0) is 30.9. The van der Waals surface area contributed by atoms with E-state index in [2.05, 4.69) is 10.3 Å². The molecule has 3 heterocycles. The second kappa shape index (κ2) is 11.8. The summed E-state index contributed by atoms with van der Waals surface area (Å²) >= 11 is 0. The van der Waals surface area contributed by atoms with Crippen LogP contribution in [0.25, 0.3) is 11.2 Å². The maximum Gasteiger partial charge on any atom is 0.247 e. The minimum absolute atomic E-state index is 0.154. The summed E-state index contributed by atoms with van der Waals surface area (Å²) in [4.78, 5) is 13.9. The van der Waals surface area contributed by atoms with E-state index in [1.54, 1.807) is 7.11 Å². The molecule has 44 heavy (non-hydrogen) atoms. The fourth-order valence-electron chi connectivity index (χ4n) is 5.72. The van der Waals surface area contributed by atoms with E-state index in [4.69, 9.17) is 24.2 Å². The number of benzene rings is 3. The van der Waals surface area contributed by atoms with Crippen molar-refractivity contribution in [3.63, 3.8) is 0 Å². The average molecular weight is 602 g/mol. The van der Waals surface area contributed by atoms with Crippen LogP contribution in [0.3, 0.4) is 0 Å². The zero-order valence-corrected chi connectivity index (χ0v) is 24.5. The number of alkyl halides is 2. The molecule has 11 heteroatoms. The number of halogens is 2. The molecule has 2 aromatic heterocycles. The predicted molar refractivity (Wildman–Crippen MR) is 161 cm³/mol. The molecule has 6 rings (SSSR count). The highest BCUT2D eigenvalue weighted by Crippen LogP contribution is 2.46. The van der Waals surface area contributed by atoms with Crippen molar-refractivity contribution < 1.29 is 28.1 Å². The quantitative estimate of drug-likeness (QED) is 0.194. The molecule has 3 aromatic carbocycles. The first-order valence-electron chi connectivity index (χ1n) is 14.4. The molecule has 0 unspecified atom stereocenters. The van der Waals surface area contributed by atoms with Crippen LogP contribution in [-0.4, -0.2) is 57.0 Å². The lowest BCUT2D eigenvalue weighted by Gasteiger charge is -2.37. The molecule has 0 spiro atoms. The molecule has 0 amide bonds. The van der Waals surface area contributed by atoms with E-state index in [-0.39, 0.29) is 29.6 Å². The first-order valence-corrected chi connectivity index (χ1v) is 14.4. The van der Waals surface area contributed by atoms with E-state index in [0.717, 1.165) is 16.7 Å². The Morgan fingerprint density at radius 2 is 1.59 bits per heavy atom. The highest BCUT2D eigenvalue weighted by molar-refractivity contribution is 5.78. The van der Waals surface area contributed by atoms with E-state index in [9.17, 15) is 5.11 Å². The lowest BCUT2D eigenvalue weighted by molar-refractivity contribution is -0.190. The number of nitrogens with zero attached hydrogens (tertiary/aromatic N) is 4. The van der Waals surface area contributed by atoms with Crippen molar-refractivity contribution in [2.75, 3.05) is 25.6 Å². The Balaban J connectivity index is 1.56. The van der Waals surface area contributed by atoms with E-state index < -0.39 is 36.3 Å². The van der Waals surface area contributed by atoms with Crippen molar-refractivity contribution in [3.05, 3.63) is 108 Å². The van der Waals surface area contributed by atoms with Crippen LogP contribution in [0.4, 0.5) is 14.7 Å². The van der Waals surface area contributed by atoms with Crippen LogP contribution in [-0.2, 0) is 10.3 Å². The summed E-state index contributed by atoms with van der Waals surface area (Å²) in [5, 5.41) is 13.2. The number of ether oxygens (including phenoxy) is 3. The number of aromatic nitrogens is 4. The van der Waals surface area contributed by atoms with Gasteiger partial charge in [0.2, 0.25) is 17.7 Å². The van der Waals surface area contributed by atoms with Gasteiger partial charge in [-0.05, 0) is 35.7 Å². The van der Waals surface area contributed by atoms with Crippen LogP contribution < -0.4 is 14.8 Å². The number of methoxy groups -OCH3 is 1. The minimum atomic E-state index is -2.55. The number of anilines is 1. The number of aliphatic hydroxyl groups excluding tert-OH is 1. The summed E-state index contributed by atoms with van der Waals surface area (Å²) in [7, 11) is 1.61. The molecule has 1 aliphatic heterocycles. The van der Waals surface area contributed by atoms with Crippen LogP contribution in [0.15, 0.2) is 91.3 Å². The molecular formula is C33H33F2N5O4. The SMILES string of the molecule is CCOc1nc(NC(c2ccccc2)(c2ccccc2)c2ccc(OC)cc2)nc2c1ncn2[C@@H]1O[C@](F)(CO)[C@@H](C)[C@H]1F. The van der Waals surface area contributed by atoms with Crippen LogP contribution in [0.2, 0.25) is 0 Å². The summed E-state index contributed by atoms with van der Waals surface area (Å²) in [5.74, 6) is -2.76. The molecule has 0 saturated carbocycles. The standard InChI is InChI=1S/C33H33F2N5O4/c1-4-43-29-27-28(40(20-36-27)30-26(34)21(2)32(35,19-41)44-30)37-31(38-29)39-33(22-11-7-5-8-12-22,23-13-9-6-10-14-23)24-15-17-25(42-3)18-16-24/h5-18,20-21,26,30,41H,4,19H2,1-3H3,(H,37,38,39)/t21-,26+,30+,32+/m0/s1. The van der Waals surface area contributed by atoms with Crippen molar-refractivity contribution >= 4 is 17.1 Å². The smallest absolute Gasteiger partial charge is 0.247 e. The second-order valence-electron chi connectivity index (χ2n) is 10.6. The molecule has 228 valence electrons. The fourth-order valence-corrected chi connectivity index (χ4v) is 5.72. The molecule has 1 aliphatic rings. The number of aliphatic hydroxyl groups is 1. The summed E-state index contributed by atoms with van der Waals surface area (Å²) in [5.41, 5.74) is 2.09. The summed E-state index contributed by atoms with van der Waals surface area (Å²) < 4.78 is 48.8. The molecule has 2 N–H and O–H groups in total. The van der Waals surface area contributed by atoms with Gasteiger partial charge in [0, 0.05) is 0 Å². The molecule has 0 bridgehead atoms. The van der Waals surface area contributed by atoms with Gasteiger partial charge in [0.15, 0.2) is 23.6 Å². The van der Waals surface area contributed by atoms with Crippen LogP contribution >= 0.6 is 0 Å². The normalized spacial score (nSPS) is 21.8. The van der Waals surface area contributed by atoms with Crippen molar-refractivity contribution in [2.24, 2.45) is 5.92 Å². The van der Waals surface area contributed by atoms with Gasteiger partial charge in [-0.25, -0.2) is 13.8 Å². The van der Waals surface area contributed by atoms with Gasteiger partial charge in [0.1, 0.15) is 17.9 Å². The van der Waals surface area contributed by atoms with E-state index in [0.29, 0.717) is 5.75 Å². The molecule has 4 atom stereocenters. The lowest BCUT2D eigenvalue weighted by Crippen LogP contribution is -2.38. The van der Waals surface area contributed by atoms with E-state index >= 15 is 8.78 Å². The monoisotopic (exact) mass is 601 g/mol. The average Bonchev–Trinajstić information content (AvgIpc) is 3.59. The van der Waals surface area contributed by atoms with E-state index in [1.807, 2.05) is 91.9 Å². The summed E-state index contributed by atoms with van der Waals surface area (Å²) in [6, 6.07) is 27.4. The minimum Gasteiger partial charge on any atom is -0.497 e. The topological polar surface area (TPSA) is 104 Å². The first-order chi connectivity index (χ1) is 21.3. The maximum atomic E-state index is 15.5. The van der Waals surface area contributed by atoms with Gasteiger partial charge in [-0.15, -0.1) is 0 Å². The Bertz CT molecular complexity index is 1680. The second-order valence-corrected chi connectivity index (χ2v) is 10.6. The van der Waals surface area contributed by atoms with E-state index in [1.165, 1.54) is 17.8 Å². The van der Waals surface area contributed by atoms with Crippen LogP contribution in [0.1, 0.15) is 36.8 Å². The van der Waals surface area contributed by atoms with Gasteiger partial charge in [0.25, 0.3) is 0 Å². The zero-order valence-electron chi connectivity index (χ0n) is 24.5. The van der Waals surface area contributed by atoms with Crippen molar-refractivity contribution in [2.45, 2.75) is 37.6 Å². The fraction of sp³-hybridized carbons (Fsp3) is 0.303. The lowest BCUT2D eigenvalue weighted by atomic mass is 9.77. The molecule has 9 nitrogen and oxygen atoms in total. The number of rotatable bonds is 10. The van der Waals surface area contributed by atoms with Gasteiger partial charge in [-0.3, -0.25) is 4.57 Å². The van der Waals surface area contributed by atoms with Gasteiger partial charge in [-0.1, -0.05) is 79.7 Å². The van der Waals surface area contributed by atoms with Gasteiger partial charge in [0.05, 0.1) is 26.0 Å². The van der Waals surface area contributed by atoms with Crippen molar-refractivity contribution in [1.82, 2.24) is 19.5 Å². The molecular weight excluding hydrogens is 568 g/mol. The van der Waals surface area contributed by atoms with Gasteiger partial charge < -0.3 is 24.6 Å². The first kappa shape index (κ1) is 29.5. The molecule has 0 radical (unpaired) electrons. The number of hydrogen-bond acceptors (Lipinski definition) is 8. The Kier molecular flexibility index (Phi) is 7.91.